The van der Waals surface area contributed by atoms with E-state index in [1.165, 1.54) is 0 Å². The first-order valence-electron chi connectivity index (χ1n) is 6.83. The van der Waals surface area contributed by atoms with Gasteiger partial charge in [-0.25, -0.2) is 5.43 Å². The molecular formula is C16H13BrN4OS. The fourth-order valence-electron chi connectivity index (χ4n) is 1.94. The van der Waals surface area contributed by atoms with Gasteiger partial charge in [0.05, 0.1) is 11.4 Å². The molecule has 0 aliphatic rings. The molecule has 0 saturated carbocycles. The fourth-order valence-corrected chi connectivity index (χ4v) is 2.88. The molecule has 2 N–H and O–H groups in total. The van der Waals surface area contributed by atoms with Crippen molar-refractivity contribution >= 4 is 38.9 Å². The summed E-state index contributed by atoms with van der Waals surface area (Å²) in [6, 6.07) is 13.3. The first kappa shape index (κ1) is 15.6. The molecule has 0 atom stereocenters. The van der Waals surface area contributed by atoms with E-state index in [4.69, 9.17) is 0 Å². The van der Waals surface area contributed by atoms with Gasteiger partial charge in [0.1, 0.15) is 5.69 Å². The van der Waals surface area contributed by atoms with E-state index in [0.29, 0.717) is 11.4 Å². The minimum absolute atomic E-state index is 0.322. The Morgan fingerprint density at radius 3 is 2.78 bits per heavy atom. The van der Waals surface area contributed by atoms with Gasteiger partial charge >= 0.3 is 0 Å². The number of aromatic nitrogens is 2. The van der Waals surface area contributed by atoms with Crippen LogP contribution in [0.4, 0.5) is 0 Å². The number of nitrogens with zero attached hydrogens (tertiary/aromatic N) is 2. The number of aromatic amines is 1. The number of nitrogens with one attached hydrogen (secondary N) is 2. The normalized spacial score (nSPS) is 11.5. The second-order valence-electron chi connectivity index (χ2n) is 4.79. The van der Waals surface area contributed by atoms with Crippen molar-refractivity contribution in [3.05, 3.63) is 62.9 Å². The van der Waals surface area contributed by atoms with Crippen molar-refractivity contribution < 1.29 is 4.79 Å². The van der Waals surface area contributed by atoms with Crippen LogP contribution in [0.5, 0.6) is 0 Å². The Labute approximate surface area is 145 Å². The summed E-state index contributed by atoms with van der Waals surface area (Å²) in [5.41, 5.74) is 5.31. The highest BCUT2D eigenvalue weighted by Gasteiger charge is 2.11. The third-order valence-corrected chi connectivity index (χ3v) is 4.67. The number of halogens is 1. The zero-order valence-electron chi connectivity index (χ0n) is 12.2. The van der Waals surface area contributed by atoms with E-state index in [2.05, 4.69) is 36.7 Å². The molecule has 1 amide bonds. The van der Waals surface area contributed by atoms with Gasteiger partial charge in [-0.2, -0.15) is 10.2 Å². The van der Waals surface area contributed by atoms with Gasteiger partial charge in [-0.15, -0.1) is 11.3 Å². The van der Waals surface area contributed by atoms with Gasteiger partial charge in [0.15, 0.2) is 0 Å². The molecule has 3 aromatic rings. The highest BCUT2D eigenvalue weighted by Crippen LogP contribution is 2.20. The number of amides is 1. The largest absolute Gasteiger partial charge is 0.289 e. The number of thiophene rings is 1. The summed E-state index contributed by atoms with van der Waals surface area (Å²) < 4.78 is 0.994. The molecule has 0 spiro atoms. The van der Waals surface area contributed by atoms with Gasteiger partial charge in [0.25, 0.3) is 5.91 Å². The van der Waals surface area contributed by atoms with Gasteiger partial charge in [-0.3, -0.25) is 9.89 Å². The number of rotatable bonds is 4. The molecule has 2 heterocycles. The molecule has 0 aliphatic carbocycles. The van der Waals surface area contributed by atoms with Crippen LogP contribution in [-0.2, 0) is 0 Å². The van der Waals surface area contributed by atoms with Gasteiger partial charge in [0.2, 0.25) is 0 Å². The molecule has 5 nitrogen and oxygen atoms in total. The highest BCUT2D eigenvalue weighted by molar-refractivity contribution is 9.10. The molecule has 0 bridgehead atoms. The van der Waals surface area contributed by atoms with Crippen molar-refractivity contribution in [1.82, 2.24) is 15.6 Å². The SMILES string of the molecule is CC(=NNC(=O)c1cc(-c2ccc(Br)cc2)n[nH]1)c1cccs1. The van der Waals surface area contributed by atoms with Crippen LogP contribution in [0.2, 0.25) is 0 Å². The highest BCUT2D eigenvalue weighted by atomic mass is 79.9. The zero-order chi connectivity index (χ0) is 16.2. The molecule has 0 aliphatic heterocycles. The summed E-state index contributed by atoms with van der Waals surface area (Å²) in [5.74, 6) is -0.322. The monoisotopic (exact) mass is 388 g/mol. The lowest BCUT2D eigenvalue weighted by Crippen LogP contribution is -2.19. The van der Waals surface area contributed by atoms with E-state index >= 15 is 0 Å². The number of H-pyrrole nitrogens is 1. The maximum Gasteiger partial charge on any atom is 0.289 e. The van der Waals surface area contributed by atoms with E-state index in [-0.39, 0.29) is 5.91 Å². The van der Waals surface area contributed by atoms with Crippen molar-refractivity contribution in [2.45, 2.75) is 6.92 Å². The zero-order valence-corrected chi connectivity index (χ0v) is 14.6. The van der Waals surface area contributed by atoms with E-state index in [1.54, 1.807) is 17.4 Å². The fraction of sp³-hybridized carbons (Fsp3) is 0.0625. The van der Waals surface area contributed by atoms with Crippen molar-refractivity contribution in [3.8, 4) is 11.3 Å². The number of carbonyl (C=O) groups excluding carboxylic acids is 1. The van der Waals surface area contributed by atoms with Gasteiger partial charge in [-0.1, -0.05) is 34.1 Å². The smallest absolute Gasteiger partial charge is 0.272 e. The summed E-state index contributed by atoms with van der Waals surface area (Å²) in [5, 5.41) is 13.0. The first-order valence-corrected chi connectivity index (χ1v) is 8.50. The van der Waals surface area contributed by atoms with E-state index in [9.17, 15) is 4.79 Å². The van der Waals surface area contributed by atoms with E-state index in [1.807, 2.05) is 48.7 Å². The van der Waals surface area contributed by atoms with Gasteiger partial charge < -0.3 is 0 Å². The first-order chi connectivity index (χ1) is 11.1. The number of hydrogen-bond acceptors (Lipinski definition) is 4. The van der Waals surface area contributed by atoms with Crippen molar-refractivity contribution in [3.63, 3.8) is 0 Å². The maximum atomic E-state index is 12.1. The Balaban J connectivity index is 1.71. The van der Waals surface area contributed by atoms with Crippen LogP contribution in [-0.4, -0.2) is 21.8 Å². The molecule has 23 heavy (non-hydrogen) atoms. The minimum Gasteiger partial charge on any atom is -0.272 e. The summed E-state index contributed by atoms with van der Waals surface area (Å²) in [7, 11) is 0. The standard InChI is InChI=1S/C16H13BrN4OS/c1-10(15-3-2-8-23-15)18-21-16(22)14-9-13(19-20-14)11-4-6-12(17)7-5-11/h2-9H,1H3,(H,19,20)(H,21,22). The van der Waals surface area contributed by atoms with Crippen LogP contribution in [0.1, 0.15) is 22.3 Å². The molecular weight excluding hydrogens is 376 g/mol. The Morgan fingerprint density at radius 2 is 2.09 bits per heavy atom. The van der Waals surface area contributed by atoms with Gasteiger partial charge in [0, 0.05) is 14.9 Å². The van der Waals surface area contributed by atoms with Crippen LogP contribution in [0.3, 0.4) is 0 Å². The molecule has 7 heteroatoms. The second kappa shape index (κ2) is 6.89. The van der Waals surface area contributed by atoms with Crippen molar-refractivity contribution in [2.24, 2.45) is 5.10 Å². The second-order valence-corrected chi connectivity index (χ2v) is 6.65. The molecule has 116 valence electrons. The topological polar surface area (TPSA) is 70.1 Å². The van der Waals surface area contributed by atoms with Crippen LogP contribution < -0.4 is 5.43 Å². The molecule has 3 rings (SSSR count). The van der Waals surface area contributed by atoms with Crippen molar-refractivity contribution in [2.75, 3.05) is 0 Å². The van der Waals surface area contributed by atoms with E-state index in [0.717, 1.165) is 20.6 Å². The molecule has 0 saturated heterocycles. The lowest BCUT2D eigenvalue weighted by Gasteiger charge is -1.98. The quantitative estimate of drug-likeness (QED) is 0.522. The predicted molar refractivity (Wildman–Crippen MR) is 95.7 cm³/mol. The molecule has 0 radical (unpaired) electrons. The number of hydrogen-bond donors (Lipinski definition) is 2. The lowest BCUT2D eigenvalue weighted by molar-refractivity contribution is 0.0950. The summed E-state index contributed by atoms with van der Waals surface area (Å²) in [6.07, 6.45) is 0. The average Bonchev–Trinajstić information content (AvgIpc) is 3.24. The third kappa shape index (κ3) is 3.75. The van der Waals surface area contributed by atoms with E-state index < -0.39 is 0 Å². The Hall–Kier alpha value is -2.25. The Morgan fingerprint density at radius 1 is 1.30 bits per heavy atom. The predicted octanol–water partition coefficient (Wildman–Crippen LogP) is 4.05. The van der Waals surface area contributed by atoms with Crippen LogP contribution >= 0.6 is 27.3 Å². The lowest BCUT2D eigenvalue weighted by atomic mass is 10.1. The average molecular weight is 389 g/mol. The minimum atomic E-state index is -0.322. The van der Waals surface area contributed by atoms with Crippen molar-refractivity contribution in [1.29, 1.82) is 0 Å². The summed E-state index contributed by atoms with van der Waals surface area (Å²) in [6.45, 7) is 1.85. The van der Waals surface area contributed by atoms with Crippen LogP contribution in [0.25, 0.3) is 11.3 Å². The van der Waals surface area contributed by atoms with Gasteiger partial charge in [-0.05, 0) is 36.6 Å². The Kier molecular flexibility index (Phi) is 4.68. The molecule has 0 fully saturated rings. The Bertz CT molecular complexity index is 837. The molecule has 1 aromatic carbocycles. The summed E-state index contributed by atoms with van der Waals surface area (Å²) in [4.78, 5) is 13.1. The number of hydrazone groups is 1. The molecule has 0 unspecified atom stereocenters. The molecule has 2 aromatic heterocycles. The van der Waals surface area contributed by atoms with Crippen LogP contribution in [0, 0.1) is 0 Å². The summed E-state index contributed by atoms with van der Waals surface area (Å²) >= 11 is 4.97. The van der Waals surface area contributed by atoms with Crippen LogP contribution in [0.15, 0.2) is 57.4 Å². The number of carbonyl (C=O) groups is 1. The third-order valence-electron chi connectivity index (χ3n) is 3.17. The number of benzene rings is 1. The maximum absolute atomic E-state index is 12.1.